The zero-order valence-corrected chi connectivity index (χ0v) is 11.9. The summed E-state index contributed by atoms with van der Waals surface area (Å²) >= 11 is 16.6. The van der Waals surface area contributed by atoms with E-state index in [2.05, 4.69) is 68.1 Å². The monoisotopic (exact) mass is 496 g/mol. The molecule has 0 bridgehead atoms. The molecule has 0 fully saturated rings. The Labute approximate surface area is 70.3 Å². The van der Waals surface area contributed by atoms with Crippen LogP contribution in [0.3, 0.4) is 0 Å². The fourth-order valence-electron chi connectivity index (χ4n) is 0. The van der Waals surface area contributed by atoms with Crippen LogP contribution in [0.2, 0.25) is 0 Å². The van der Waals surface area contributed by atoms with E-state index in [4.69, 9.17) is 0 Å². The molecule has 0 heterocycles. The standard InChI is InChI=1S/5BrH.Ru/h5*1H;/q;;;;;+5/p-5. The van der Waals surface area contributed by atoms with Gasteiger partial charge in [0.15, 0.2) is 0 Å². The molecule has 0 unspecified atom stereocenters. The van der Waals surface area contributed by atoms with Gasteiger partial charge < -0.3 is 0 Å². The molecule has 0 spiro atoms. The SMILES string of the molecule is [Br][Ru]([Br])([Br])([Br])[Br]. The van der Waals surface area contributed by atoms with Crippen molar-refractivity contribution in [3.05, 3.63) is 0 Å². The zero-order chi connectivity index (χ0) is 5.45. The van der Waals surface area contributed by atoms with Crippen molar-refractivity contribution >= 4 is 68.1 Å². The molecule has 0 nitrogen and oxygen atoms in total. The Kier molecular flexibility index (Phi) is 3.51. The van der Waals surface area contributed by atoms with Crippen molar-refractivity contribution in [2.75, 3.05) is 0 Å². The van der Waals surface area contributed by atoms with Crippen LogP contribution < -0.4 is 0 Å². The van der Waals surface area contributed by atoms with Gasteiger partial charge in [-0.05, 0) is 0 Å². The van der Waals surface area contributed by atoms with Crippen molar-refractivity contribution in [1.82, 2.24) is 0 Å². The van der Waals surface area contributed by atoms with Gasteiger partial charge in [-0.3, -0.25) is 0 Å². The third kappa shape index (κ3) is 27.9. The Morgan fingerprint density at radius 1 is 0.667 bits per heavy atom. The average Bonchev–Trinajstić information content (AvgIpc) is 0.650. The summed E-state index contributed by atoms with van der Waals surface area (Å²) < 4.78 is -2.41. The molecule has 6 heavy (non-hydrogen) atoms. The summed E-state index contributed by atoms with van der Waals surface area (Å²) in [6.45, 7) is 0. The number of hydrogen-bond donors (Lipinski definition) is 0. The van der Waals surface area contributed by atoms with E-state index >= 15 is 0 Å². The van der Waals surface area contributed by atoms with Crippen molar-refractivity contribution in [3.8, 4) is 0 Å². The average molecular weight is 501 g/mol. The fourth-order valence-corrected chi connectivity index (χ4v) is 0. The van der Waals surface area contributed by atoms with Crippen LogP contribution >= 0.6 is 68.1 Å². The quantitative estimate of drug-likeness (QED) is 0.437. The zero-order valence-electron chi connectivity index (χ0n) is 2.24. The van der Waals surface area contributed by atoms with E-state index in [-0.39, 0.29) is 0 Å². The number of rotatable bonds is 0. The first-order valence-corrected chi connectivity index (χ1v) is 20.5. The third-order valence-corrected chi connectivity index (χ3v) is 0. The summed E-state index contributed by atoms with van der Waals surface area (Å²) in [5.74, 6) is 0. The minimum absolute atomic E-state index is 2.41. The van der Waals surface area contributed by atoms with Gasteiger partial charge in [0.25, 0.3) is 0 Å². The molecule has 0 aromatic carbocycles. The Hall–Kier alpha value is 3.02. The normalized spacial score (nSPS) is 19.2. The first-order valence-electron chi connectivity index (χ1n) is 0.668. The van der Waals surface area contributed by atoms with Crippen LogP contribution in [0.5, 0.6) is 0 Å². The first-order chi connectivity index (χ1) is 2.24. The number of hydrogen-bond acceptors (Lipinski definition) is 0. The molecule has 6 heteroatoms. The minimum atomic E-state index is -2.41. The van der Waals surface area contributed by atoms with Gasteiger partial charge in [-0.15, -0.1) is 0 Å². The third-order valence-electron chi connectivity index (χ3n) is 0. The second kappa shape index (κ2) is 2.33. The molecule has 0 saturated carbocycles. The second-order valence-corrected chi connectivity index (χ2v) is 80.7. The summed E-state index contributed by atoms with van der Waals surface area (Å²) in [5, 5.41) is 0. The predicted molar refractivity (Wildman–Crippen MR) is 44.6 cm³/mol. The summed E-state index contributed by atoms with van der Waals surface area (Å²) in [5.41, 5.74) is 0. The molecule has 0 aliphatic rings. The molecular formula is Br5Ru. The maximum atomic E-state index is 3.32. The van der Waals surface area contributed by atoms with Crippen LogP contribution in [0.15, 0.2) is 0 Å². The van der Waals surface area contributed by atoms with Gasteiger partial charge in [-0.2, -0.15) is 0 Å². The predicted octanol–water partition coefficient (Wildman–Crippen LogP) is 4.23. The molecule has 0 amide bonds. The van der Waals surface area contributed by atoms with Gasteiger partial charge in [-0.25, -0.2) is 0 Å². The molecule has 0 atom stereocenters. The Bertz CT molecular complexity index is 37.1. The van der Waals surface area contributed by atoms with Gasteiger partial charge in [0.2, 0.25) is 0 Å². The molecule has 0 N–H and O–H groups in total. The van der Waals surface area contributed by atoms with Gasteiger partial charge in [0.1, 0.15) is 0 Å². The molecule has 0 aliphatic heterocycles. The number of halogens is 5. The van der Waals surface area contributed by atoms with Crippen molar-refractivity contribution < 1.29 is 3.80 Å². The van der Waals surface area contributed by atoms with Crippen molar-refractivity contribution in [3.63, 3.8) is 0 Å². The van der Waals surface area contributed by atoms with E-state index in [0.717, 1.165) is 0 Å². The van der Waals surface area contributed by atoms with Gasteiger partial charge in [0.05, 0.1) is 0 Å². The molecule has 0 aromatic heterocycles. The molecule has 0 radical (unpaired) electrons. The summed E-state index contributed by atoms with van der Waals surface area (Å²) in [4.78, 5) is 0. The van der Waals surface area contributed by atoms with Crippen molar-refractivity contribution in [1.29, 1.82) is 0 Å². The Morgan fingerprint density at radius 2 is 0.667 bits per heavy atom. The van der Waals surface area contributed by atoms with E-state index in [1.165, 1.54) is 0 Å². The van der Waals surface area contributed by atoms with Gasteiger partial charge >= 0.3 is 71.9 Å². The van der Waals surface area contributed by atoms with E-state index in [1.54, 1.807) is 0 Å². The van der Waals surface area contributed by atoms with Crippen molar-refractivity contribution in [2.24, 2.45) is 0 Å². The molecule has 43 valence electrons. The van der Waals surface area contributed by atoms with Gasteiger partial charge in [0, 0.05) is 0 Å². The maximum absolute atomic E-state index is 3.32. The van der Waals surface area contributed by atoms with E-state index in [1.807, 2.05) is 0 Å². The summed E-state index contributed by atoms with van der Waals surface area (Å²) in [7, 11) is 0. The Balaban J connectivity index is 3.73. The van der Waals surface area contributed by atoms with Crippen LogP contribution in [-0.2, 0) is 3.80 Å². The fraction of sp³-hybridized carbons (Fsp3) is 0. The van der Waals surface area contributed by atoms with Crippen LogP contribution in [0.25, 0.3) is 0 Å². The molecule has 0 rings (SSSR count). The van der Waals surface area contributed by atoms with Crippen LogP contribution in [0.1, 0.15) is 0 Å². The molecule has 0 aromatic rings. The molecule has 0 aliphatic carbocycles. The van der Waals surface area contributed by atoms with E-state index < -0.39 is 3.80 Å². The molecular weight excluding hydrogens is 501 g/mol. The first kappa shape index (κ1) is 9.02. The summed E-state index contributed by atoms with van der Waals surface area (Å²) in [6.07, 6.45) is 0. The van der Waals surface area contributed by atoms with Crippen LogP contribution in [-0.4, -0.2) is 0 Å². The van der Waals surface area contributed by atoms with E-state index in [9.17, 15) is 0 Å². The summed E-state index contributed by atoms with van der Waals surface area (Å²) in [6, 6.07) is 0. The second-order valence-electron chi connectivity index (χ2n) is 0.505. The Morgan fingerprint density at radius 3 is 0.667 bits per heavy atom. The topological polar surface area (TPSA) is 0 Å². The molecule has 0 saturated heterocycles. The van der Waals surface area contributed by atoms with E-state index in [0.29, 0.717) is 0 Å². The van der Waals surface area contributed by atoms with Crippen LogP contribution in [0, 0.1) is 0 Å². The van der Waals surface area contributed by atoms with Crippen molar-refractivity contribution in [2.45, 2.75) is 0 Å². The van der Waals surface area contributed by atoms with Crippen LogP contribution in [0.4, 0.5) is 0 Å². The van der Waals surface area contributed by atoms with Gasteiger partial charge in [-0.1, -0.05) is 0 Å².